The lowest BCUT2D eigenvalue weighted by Gasteiger charge is -2.15. The number of carbonyl (C=O) groups is 1. The first kappa shape index (κ1) is 22.0. The van der Waals surface area contributed by atoms with Gasteiger partial charge in [-0.2, -0.15) is 0 Å². The average Bonchev–Trinajstić information content (AvgIpc) is 3.19. The number of hydrogen-bond donors (Lipinski definition) is 3. The van der Waals surface area contributed by atoms with E-state index in [1.54, 1.807) is 12.1 Å². The topological polar surface area (TPSA) is 53.2 Å². The van der Waals surface area contributed by atoms with Gasteiger partial charge >= 0.3 is 0 Å². The molecule has 168 valence electrons. The SMILES string of the molecule is O=C1Nc2cc(Cl)ccc2C1=C(Nc1ccc(CNCc2ccccc2)cc1)c1ccccc1. The molecule has 3 N–H and O–H groups in total. The van der Waals surface area contributed by atoms with Crippen LogP contribution in [0.15, 0.2) is 103 Å². The quantitative estimate of drug-likeness (QED) is 0.271. The molecule has 0 saturated heterocycles. The summed E-state index contributed by atoms with van der Waals surface area (Å²) in [7, 11) is 0. The highest BCUT2D eigenvalue weighted by Gasteiger charge is 2.28. The highest BCUT2D eigenvalue weighted by molar-refractivity contribution is 6.38. The Bertz CT molecular complexity index is 1330. The molecule has 4 aromatic rings. The van der Waals surface area contributed by atoms with Gasteiger partial charge in [0.25, 0.3) is 5.91 Å². The third kappa shape index (κ3) is 4.88. The molecule has 1 aliphatic heterocycles. The van der Waals surface area contributed by atoms with Gasteiger partial charge in [0, 0.05) is 29.4 Å². The van der Waals surface area contributed by atoms with E-state index in [4.69, 9.17) is 11.6 Å². The van der Waals surface area contributed by atoms with Crippen LogP contribution < -0.4 is 16.0 Å². The minimum atomic E-state index is -0.148. The zero-order chi connectivity index (χ0) is 23.3. The van der Waals surface area contributed by atoms with Gasteiger partial charge in [-0.1, -0.05) is 90.5 Å². The van der Waals surface area contributed by atoms with Crippen LogP contribution in [0.2, 0.25) is 5.02 Å². The molecule has 0 aliphatic carbocycles. The molecule has 4 nitrogen and oxygen atoms in total. The van der Waals surface area contributed by atoms with E-state index in [0.29, 0.717) is 10.6 Å². The van der Waals surface area contributed by atoms with E-state index in [9.17, 15) is 4.79 Å². The van der Waals surface area contributed by atoms with Gasteiger partial charge in [0.15, 0.2) is 0 Å². The van der Waals surface area contributed by atoms with Crippen molar-refractivity contribution in [2.45, 2.75) is 13.1 Å². The molecule has 0 aromatic heterocycles. The predicted octanol–water partition coefficient (Wildman–Crippen LogP) is 6.56. The van der Waals surface area contributed by atoms with Crippen LogP contribution in [0.5, 0.6) is 0 Å². The molecule has 0 bridgehead atoms. The largest absolute Gasteiger partial charge is 0.354 e. The Hall–Kier alpha value is -3.86. The summed E-state index contributed by atoms with van der Waals surface area (Å²) >= 11 is 6.14. The summed E-state index contributed by atoms with van der Waals surface area (Å²) in [5.74, 6) is -0.148. The first-order valence-corrected chi connectivity index (χ1v) is 11.6. The van der Waals surface area contributed by atoms with E-state index >= 15 is 0 Å². The van der Waals surface area contributed by atoms with Crippen molar-refractivity contribution in [3.05, 3.63) is 130 Å². The molecule has 1 aliphatic rings. The van der Waals surface area contributed by atoms with Crippen LogP contribution in [0.25, 0.3) is 11.3 Å². The molecule has 0 unspecified atom stereocenters. The Morgan fingerprint density at radius 1 is 0.765 bits per heavy atom. The number of fused-ring (bicyclic) bond motifs is 1. The third-order valence-electron chi connectivity index (χ3n) is 5.76. The van der Waals surface area contributed by atoms with Gasteiger partial charge in [-0.15, -0.1) is 0 Å². The van der Waals surface area contributed by atoms with Crippen LogP contribution in [0, 0.1) is 0 Å². The molecule has 4 aromatic carbocycles. The minimum absolute atomic E-state index is 0.148. The zero-order valence-corrected chi connectivity index (χ0v) is 19.3. The zero-order valence-electron chi connectivity index (χ0n) is 18.5. The van der Waals surface area contributed by atoms with Gasteiger partial charge in [-0.05, 0) is 41.0 Å². The maximum atomic E-state index is 13.0. The molecular weight excluding hydrogens is 442 g/mol. The Balaban J connectivity index is 1.39. The van der Waals surface area contributed by atoms with Gasteiger partial charge in [0.2, 0.25) is 0 Å². The molecule has 34 heavy (non-hydrogen) atoms. The highest BCUT2D eigenvalue weighted by atomic mass is 35.5. The number of benzene rings is 4. The summed E-state index contributed by atoms with van der Waals surface area (Å²) < 4.78 is 0. The molecule has 1 amide bonds. The van der Waals surface area contributed by atoms with Crippen molar-refractivity contribution in [2.24, 2.45) is 0 Å². The average molecular weight is 466 g/mol. The summed E-state index contributed by atoms with van der Waals surface area (Å²) in [6, 6.07) is 34.0. The van der Waals surface area contributed by atoms with E-state index in [1.807, 2.05) is 66.7 Å². The van der Waals surface area contributed by atoms with E-state index in [0.717, 1.165) is 41.3 Å². The van der Waals surface area contributed by atoms with Gasteiger partial charge in [0.1, 0.15) is 0 Å². The maximum Gasteiger partial charge on any atom is 0.258 e. The van der Waals surface area contributed by atoms with Crippen molar-refractivity contribution in [3.63, 3.8) is 0 Å². The third-order valence-corrected chi connectivity index (χ3v) is 6.00. The van der Waals surface area contributed by atoms with Gasteiger partial charge in [0.05, 0.1) is 17.0 Å². The van der Waals surface area contributed by atoms with Crippen molar-refractivity contribution in [3.8, 4) is 0 Å². The van der Waals surface area contributed by atoms with Crippen LogP contribution in [-0.4, -0.2) is 5.91 Å². The first-order chi connectivity index (χ1) is 16.7. The molecule has 0 spiro atoms. The Labute approximate surface area is 204 Å². The van der Waals surface area contributed by atoms with Crippen molar-refractivity contribution < 1.29 is 4.79 Å². The number of amides is 1. The molecule has 5 rings (SSSR count). The molecule has 0 fully saturated rings. The lowest BCUT2D eigenvalue weighted by atomic mass is 10.00. The van der Waals surface area contributed by atoms with E-state index in [2.05, 4.69) is 40.2 Å². The summed E-state index contributed by atoms with van der Waals surface area (Å²) in [6.07, 6.45) is 0. The lowest BCUT2D eigenvalue weighted by Crippen LogP contribution is -2.12. The van der Waals surface area contributed by atoms with Gasteiger partial charge in [-0.25, -0.2) is 0 Å². The van der Waals surface area contributed by atoms with Crippen molar-refractivity contribution in [2.75, 3.05) is 10.6 Å². The normalized spacial score (nSPS) is 13.9. The minimum Gasteiger partial charge on any atom is -0.354 e. The van der Waals surface area contributed by atoms with Crippen LogP contribution >= 0.6 is 11.6 Å². The molecule has 0 atom stereocenters. The number of rotatable bonds is 7. The highest BCUT2D eigenvalue weighted by Crippen LogP contribution is 2.38. The van der Waals surface area contributed by atoms with Crippen molar-refractivity contribution >= 4 is 40.2 Å². The van der Waals surface area contributed by atoms with Crippen molar-refractivity contribution in [1.82, 2.24) is 5.32 Å². The second kappa shape index (κ2) is 9.96. The first-order valence-electron chi connectivity index (χ1n) is 11.2. The fourth-order valence-electron chi connectivity index (χ4n) is 4.07. The van der Waals surface area contributed by atoms with E-state index in [1.165, 1.54) is 11.1 Å². The summed E-state index contributed by atoms with van der Waals surface area (Å²) in [5.41, 5.74) is 7.22. The second-order valence-electron chi connectivity index (χ2n) is 8.17. The number of hydrogen-bond acceptors (Lipinski definition) is 3. The number of anilines is 2. The van der Waals surface area contributed by atoms with E-state index < -0.39 is 0 Å². The number of halogens is 1. The summed E-state index contributed by atoms with van der Waals surface area (Å²) in [4.78, 5) is 13.0. The smallest absolute Gasteiger partial charge is 0.258 e. The monoisotopic (exact) mass is 465 g/mol. The van der Waals surface area contributed by atoms with Gasteiger partial charge < -0.3 is 16.0 Å². The van der Waals surface area contributed by atoms with Crippen LogP contribution in [0.1, 0.15) is 22.3 Å². The predicted molar refractivity (Wildman–Crippen MR) is 140 cm³/mol. The molecule has 1 heterocycles. The molecule has 0 saturated carbocycles. The second-order valence-corrected chi connectivity index (χ2v) is 8.61. The summed E-state index contributed by atoms with van der Waals surface area (Å²) in [6.45, 7) is 1.60. The van der Waals surface area contributed by atoms with Gasteiger partial charge in [-0.3, -0.25) is 4.79 Å². The molecule has 5 heteroatoms. The van der Waals surface area contributed by atoms with Crippen LogP contribution in [0.3, 0.4) is 0 Å². The Morgan fingerprint density at radius 3 is 2.12 bits per heavy atom. The lowest BCUT2D eigenvalue weighted by molar-refractivity contribution is -0.110. The number of nitrogens with one attached hydrogen (secondary N) is 3. The van der Waals surface area contributed by atoms with Crippen molar-refractivity contribution in [1.29, 1.82) is 0 Å². The fourth-order valence-corrected chi connectivity index (χ4v) is 4.25. The van der Waals surface area contributed by atoms with Crippen LogP contribution in [0.4, 0.5) is 11.4 Å². The molecule has 0 radical (unpaired) electrons. The maximum absolute atomic E-state index is 13.0. The summed E-state index contributed by atoms with van der Waals surface area (Å²) in [5, 5.41) is 10.5. The Morgan fingerprint density at radius 2 is 1.41 bits per heavy atom. The molecular formula is C29H24ClN3O. The van der Waals surface area contributed by atoms with Crippen LogP contribution in [-0.2, 0) is 17.9 Å². The number of carbonyl (C=O) groups excluding carboxylic acids is 1. The fraction of sp³-hybridized carbons (Fsp3) is 0.0690. The van der Waals surface area contributed by atoms with E-state index in [-0.39, 0.29) is 5.91 Å². The standard InChI is InChI=1S/C29H24ClN3O/c30-23-13-16-25-26(17-23)33-29(34)27(25)28(22-9-5-2-6-10-22)32-24-14-11-21(12-15-24)19-31-18-20-7-3-1-4-8-20/h1-17,31-32H,18-19H2,(H,33,34). The Kier molecular flexibility index (Phi) is 6.43.